The van der Waals surface area contributed by atoms with Crippen LogP contribution in [-0.2, 0) is 9.53 Å². The van der Waals surface area contributed by atoms with Gasteiger partial charge in [-0.2, -0.15) is 0 Å². The second-order valence-corrected chi connectivity index (χ2v) is 14.7. The fourth-order valence-corrected chi connectivity index (χ4v) is 7.53. The molecule has 4 aromatic rings. The predicted octanol–water partition coefficient (Wildman–Crippen LogP) is 9.13. The molecule has 3 aliphatic rings. The third kappa shape index (κ3) is 6.74. The van der Waals surface area contributed by atoms with Gasteiger partial charge in [0.15, 0.2) is 5.75 Å². The SMILES string of the molecule is Cc1c(-c2ccccc2)nc2ccc(Br)cc2c1C(=O)NC12CCC(C(=O)OC(C)(C)C)(CC1)CC2Nc1ccccc1OC(F)(F)F. The number of halogens is 4. The Morgan fingerprint density at radius 3 is 2.27 bits per heavy atom. The van der Waals surface area contributed by atoms with Crippen molar-refractivity contribution in [2.75, 3.05) is 5.32 Å². The molecule has 48 heavy (non-hydrogen) atoms. The maximum Gasteiger partial charge on any atom is 0.573 e. The lowest BCUT2D eigenvalue weighted by molar-refractivity contribution is -0.274. The highest BCUT2D eigenvalue weighted by Gasteiger charge is 2.59. The Labute approximate surface area is 285 Å². The number of carbonyl (C=O) groups is 2. The Morgan fingerprint density at radius 1 is 0.938 bits per heavy atom. The Hall–Kier alpha value is -4.12. The van der Waals surface area contributed by atoms with Gasteiger partial charge in [-0.25, -0.2) is 4.98 Å². The van der Waals surface area contributed by atoms with Crippen LogP contribution in [0.25, 0.3) is 22.2 Å². The number of aromatic nitrogens is 1. The van der Waals surface area contributed by atoms with Crippen LogP contribution < -0.4 is 15.4 Å². The van der Waals surface area contributed by atoms with E-state index < -0.39 is 34.7 Å². The van der Waals surface area contributed by atoms with E-state index in [9.17, 15) is 22.8 Å². The fourth-order valence-electron chi connectivity index (χ4n) is 7.16. The predicted molar refractivity (Wildman–Crippen MR) is 182 cm³/mol. The Balaban J connectivity index is 1.42. The Kier molecular flexibility index (Phi) is 8.72. The van der Waals surface area contributed by atoms with Gasteiger partial charge in [0.1, 0.15) is 5.60 Å². The molecule has 2 N–H and O–H groups in total. The van der Waals surface area contributed by atoms with Crippen molar-refractivity contribution in [2.24, 2.45) is 5.41 Å². The van der Waals surface area contributed by atoms with Crippen molar-refractivity contribution in [2.45, 2.75) is 83.3 Å². The molecule has 0 spiro atoms. The summed E-state index contributed by atoms with van der Waals surface area (Å²) in [7, 11) is 0. The van der Waals surface area contributed by atoms with Crippen molar-refractivity contribution in [1.29, 1.82) is 0 Å². The quantitative estimate of drug-likeness (QED) is 0.185. The first-order valence-corrected chi connectivity index (χ1v) is 16.7. The third-order valence-electron chi connectivity index (χ3n) is 9.46. The van der Waals surface area contributed by atoms with Gasteiger partial charge in [0.2, 0.25) is 0 Å². The number of amides is 1. The number of pyridine rings is 1. The zero-order valence-electron chi connectivity index (χ0n) is 27.1. The van der Waals surface area contributed by atoms with Gasteiger partial charge in [0.05, 0.1) is 39.5 Å². The van der Waals surface area contributed by atoms with Crippen LogP contribution in [-0.4, -0.2) is 40.4 Å². The Bertz CT molecular complexity index is 1870. The molecule has 3 aromatic carbocycles. The van der Waals surface area contributed by atoms with E-state index in [-0.39, 0.29) is 24.0 Å². The van der Waals surface area contributed by atoms with Crippen LogP contribution in [0.1, 0.15) is 68.8 Å². The minimum Gasteiger partial charge on any atom is -0.460 e. The van der Waals surface area contributed by atoms with Gasteiger partial charge in [0.25, 0.3) is 5.91 Å². The van der Waals surface area contributed by atoms with Crippen molar-refractivity contribution in [3.05, 3.63) is 88.4 Å². The van der Waals surface area contributed by atoms with E-state index in [2.05, 4.69) is 31.3 Å². The highest BCUT2D eigenvalue weighted by molar-refractivity contribution is 9.10. The molecule has 3 fully saturated rings. The van der Waals surface area contributed by atoms with Crippen LogP contribution in [0.2, 0.25) is 0 Å². The second kappa shape index (κ2) is 12.4. The molecular weight excluding hydrogens is 687 g/mol. The lowest BCUT2D eigenvalue weighted by atomic mass is 9.54. The lowest BCUT2D eigenvalue weighted by Crippen LogP contribution is -2.68. The maximum absolute atomic E-state index is 14.6. The number of esters is 1. The number of nitrogens with one attached hydrogen (secondary N) is 2. The summed E-state index contributed by atoms with van der Waals surface area (Å²) in [6.07, 6.45) is -2.92. The topological polar surface area (TPSA) is 89.6 Å². The molecule has 2 bridgehead atoms. The molecule has 7 nitrogen and oxygen atoms in total. The van der Waals surface area contributed by atoms with Gasteiger partial charge in [-0.15, -0.1) is 13.2 Å². The van der Waals surface area contributed by atoms with Crippen LogP contribution in [0.3, 0.4) is 0 Å². The normalized spacial score (nSPS) is 22.3. The fraction of sp³-hybridized carbons (Fsp3) is 0.378. The molecule has 1 aromatic heterocycles. The van der Waals surface area contributed by atoms with Crippen molar-refractivity contribution >= 4 is 44.4 Å². The van der Waals surface area contributed by atoms with E-state index in [4.69, 9.17) is 9.72 Å². The van der Waals surface area contributed by atoms with Crippen LogP contribution in [0, 0.1) is 12.3 Å². The number of benzene rings is 3. The first kappa shape index (κ1) is 33.8. The van der Waals surface area contributed by atoms with Gasteiger partial charge in [-0.05, 0) is 95.7 Å². The third-order valence-corrected chi connectivity index (χ3v) is 9.96. The summed E-state index contributed by atoms with van der Waals surface area (Å²) in [6.45, 7) is 7.29. The van der Waals surface area contributed by atoms with Crippen molar-refractivity contribution < 1.29 is 32.2 Å². The van der Waals surface area contributed by atoms with Crippen LogP contribution in [0.15, 0.2) is 77.3 Å². The Morgan fingerprint density at radius 2 is 1.60 bits per heavy atom. The zero-order valence-corrected chi connectivity index (χ0v) is 28.7. The number of anilines is 1. The van der Waals surface area contributed by atoms with E-state index in [1.165, 1.54) is 18.2 Å². The van der Waals surface area contributed by atoms with Crippen molar-refractivity contribution in [3.63, 3.8) is 0 Å². The highest BCUT2D eigenvalue weighted by Crippen LogP contribution is 2.55. The monoisotopic (exact) mass is 723 g/mol. The summed E-state index contributed by atoms with van der Waals surface area (Å²) >= 11 is 3.54. The smallest absolute Gasteiger partial charge is 0.460 e. The number of carbonyl (C=O) groups excluding carboxylic acids is 2. The van der Waals surface area contributed by atoms with Gasteiger partial charge in [-0.3, -0.25) is 9.59 Å². The molecule has 3 saturated carbocycles. The largest absolute Gasteiger partial charge is 0.573 e. The van der Waals surface area contributed by atoms with Gasteiger partial charge in [0, 0.05) is 15.4 Å². The lowest BCUT2D eigenvalue weighted by Gasteiger charge is -2.57. The number of hydrogen-bond donors (Lipinski definition) is 2. The van der Waals surface area contributed by atoms with Crippen LogP contribution in [0.4, 0.5) is 18.9 Å². The number of nitrogens with zero attached hydrogens (tertiary/aromatic N) is 1. The summed E-state index contributed by atoms with van der Waals surface area (Å²) in [4.78, 5) is 33.2. The molecule has 252 valence electrons. The molecule has 1 unspecified atom stereocenters. The zero-order chi connectivity index (χ0) is 34.5. The molecule has 11 heteroatoms. The molecule has 0 radical (unpaired) electrons. The van der Waals surface area contributed by atoms with Crippen molar-refractivity contribution in [1.82, 2.24) is 10.3 Å². The molecule has 7 rings (SSSR count). The van der Waals surface area contributed by atoms with Crippen LogP contribution >= 0.6 is 15.9 Å². The number of para-hydroxylation sites is 2. The second-order valence-electron chi connectivity index (χ2n) is 13.8. The van der Waals surface area contributed by atoms with Crippen molar-refractivity contribution in [3.8, 4) is 17.0 Å². The number of ether oxygens (including phenoxy) is 2. The number of rotatable bonds is 7. The average molecular weight is 725 g/mol. The summed E-state index contributed by atoms with van der Waals surface area (Å²) in [5.74, 6) is -1.06. The van der Waals surface area contributed by atoms with E-state index >= 15 is 0 Å². The van der Waals surface area contributed by atoms with E-state index in [0.29, 0.717) is 53.4 Å². The van der Waals surface area contributed by atoms with Gasteiger partial charge < -0.3 is 20.1 Å². The molecule has 1 atom stereocenters. The maximum atomic E-state index is 14.6. The molecule has 3 aliphatic carbocycles. The standard InChI is InChI=1S/C37H37BrF3N3O4/c1-22-30(25-20-24(38)14-15-26(25)43-31(22)23-10-6-5-7-11-23)32(45)44-36-18-16-35(17-19-36,33(46)48-34(2,3)4)21-29(36)42-27-12-8-9-13-28(27)47-37(39,40)41/h5-15,20,29,42H,16-19,21H2,1-4H3,(H,44,45). The highest BCUT2D eigenvalue weighted by atomic mass is 79.9. The van der Waals surface area contributed by atoms with E-state index in [0.717, 1.165) is 10.0 Å². The van der Waals surface area contributed by atoms with E-state index in [1.54, 1.807) is 6.07 Å². The van der Waals surface area contributed by atoms with Gasteiger partial charge in [-0.1, -0.05) is 58.4 Å². The summed E-state index contributed by atoms with van der Waals surface area (Å²) < 4.78 is 51.1. The van der Waals surface area contributed by atoms with E-state index in [1.807, 2.05) is 76.2 Å². The molecule has 1 heterocycles. The van der Waals surface area contributed by atoms with Gasteiger partial charge >= 0.3 is 12.3 Å². The minimum absolute atomic E-state index is 0.112. The average Bonchev–Trinajstić information content (AvgIpc) is 3.01. The number of fused-ring (bicyclic) bond motifs is 4. The summed E-state index contributed by atoms with van der Waals surface area (Å²) in [5.41, 5.74) is 0.993. The molecular formula is C37H37BrF3N3O4. The molecule has 0 saturated heterocycles. The number of hydrogen-bond acceptors (Lipinski definition) is 6. The van der Waals surface area contributed by atoms with Crippen LogP contribution in [0.5, 0.6) is 5.75 Å². The summed E-state index contributed by atoms with van der Waals surface area (Å²) in [6, 6.07) is 20.4. The minimum atomic E-state index is -4.91. The summed E-state index contributed by atoms with van der Waals surface area (Å²) in [5, 5.41) is 7.29. The molecule has 1 amide bonds. The first-order chi connectivity index (χ1) is 22.6. The first-order valence-electron chi connectivity index (χ1n) is 15.9. The number of alkyl halides is 3. The molecule has 0 aliphatic heterocycles.